The van der Waals surface area contributed by atoms with Gasteiger partial charge in [-0.1, -0.05) is 213 Å². The van der Waals surface area contributed by atoms with Crippen LogP contribution in [0.3, 0.4) is 0 Å². The van der Waals surface area contributed by atoms with E-state index in [2.05, 4.69) is 253 Å². The molecule has 0 amide bonds. The van der Waals surface area contributed by atoms with Crippen molar-refractivity contribution in [3.8, 4) is 89.3 Å². The third-order valence-corrected chi connectivity index (χ3v) is 14.9. The first-order chi connectivity index (χ1) is 35.2. The van der Waals surface area contributed by atoms with Crippen LogP contribution in [0.15, 0.2) is 249 Å². The van der Waals surface area contributed by atoms with E-state index in [1.807, 2.05) is 0 Å². The van der Waals surface area contributed by atoms with Gasteiger partial charge >= 0.3 is 0 Å². The molecule has 2 heteroatoms. The Morgan fingerprint density at radius 2 is 0.662 bits per heavy atom. The van der Waals surface area contributed by atoms with Gasteiger partial charge in [0.15, 0.2) is 0 Å². The van der Waals surface area contributed by atoms with Crippen molar-refractivity contribution < 1.29 is 0 Å². The summed E-state index contributed by atoms with van der Waals surface area (Å²) in [4.78, 5) is 5.29. The van der Waals surface area contributed by atoms with E-state index in [0.29, 0.717) is 6.04 Å². The van der Waals surface area contributed by atoms with Crippen LogP contribution < -0.4 is 0 Å². The lowest BCUT2D eigenvalue weighted by Crippen LogP contribution is -2.13. The molecule has 0 bridgehead atoms. The van der Waals surface area contributed by atoms with Crippen molar-refractivity contribution >= 4 is 32.6 Å². The normalized spacial score (nSPS) is 13.0. The average Bonchev–Trinajstić information content (AvgIpc) is 3.85. The van der Waals surface area contributed by atoms with Crippen molar-refractivity contribution in [2.45, 2.75) is 38.1 Å². The van der Waals surface area contributed by atoms with Crippen LogP contribution in [0.1, 0.15) is 38.1 Å². The Hall–Kier alpha value is -8.59. The molecule has 12 aromatic rings. The van der Waals surface area contributed by atoms with Gasteiger partial charge in [0.2, 0.25) is 0 Å². The quantitative estimate of drug-likeness (QED) is 0.132. The van der Waals surface area contributed by atoms with Crippen molar-refractivity contribution in [1.82, 2.24) is 9.55 Å². The largest absolute Gasteiger partial charge is 0.321 e. The van der Waals surface area contributed by atoms with E-state index < -0.39 is 0 Å². The van der Waals surface area contributed by atoms with Gasteiger partial charge in [0.05, 0.1) is 11.0 Å². The highest BCUT2D eigenvalue weighted by Gasteiger charge is 2.24. The van der Waals surface area contributed by atoms with Gasteiger partial charge in [-0.05, 0) is 167 Å². The number of para-hydroxylation sites is 2. The smallest absolute Gasteiger partial charge is 0.141 e. The summed E-state index contributed by atoms with van der Waals surface area (Å²) in [5.41, 5.74) is 20.2. The Balaban J connectivity index is 1.06. The van der Waals surface area contributed by atoms with E-state index >= 15 is 0 Å². The van der Waals surface area contributed by atoms with Gasteiger partial charge in [-0.2, -0.15) is 0 Å². The highest BCUT2D eigenvalue weighted by Crippen LogP contribution is 2.48. The maximum absolute atomic E-state index is 5.29. The minimum Gasteiger partial charge on any atom is -0.321 e. The van der Waals surface area contributed by atoms with Gasteiger partial charge in [0, 0.05) is 11.6 Å². The number of hydrogen-bond acceptors (Lipinski definition) is 1. The zero-order valence-corrected chi connectivity index (χ0v) is 39.7. The Morgan fingerprint density at radius 1 is 0.282 bits per heavy atom. The molecule has 0 atom stereocenters. The van der Waals surface area contributed by atoms with Crippen molar-refractivity contribution in [1.29, 1.82) is 0 Å². The number of fused-ring (bicyclic) bond motifs is 3. The summed E-state index contributed by atoms with van der Waals surface area (Å²) in [6, 6.07) is 92.2. The Kier molecular flexibility index (Phi) is 11.0. The van der Waals surface area contributed by atoms with Crippen LogP contribution in [-0.4, -0.2) is 9.55 Å². The lowest BCUT2D eigenvalue weighted by Gasteiger charge is -2.25. The molecule has 1 saturated carbocycles. The number of hydrogen-bond donors (Lipinski definition) is 0. The molecule has 0 radical (unpaired) electrons. The highest BCUT2D eigenvalue weighted by molar-refractivity contribution is 6.22. The molecule has 1 aliphatic carbocycles. The van der Waals surface area contributed by atoms with Gasteiger partial charge < -0.3 is 4.57 Å². The zero-order chi connectivity index (χ0) is 47.1. The Labute approximate surface area is 416 Å². The number of benzene rings is 11. The molecular formula is C69H52N2. The summed E-state index contributed by atoms with van der Waals surface area (Å²) in [5, 5.41) is 4.88. The third kappa shape index (κ3) is 8.02. The van der Waals surface area contributed by atoms with Crippen molar-refractivity contribution in [2.75, 3.05) is 0 Å². The van der Waals surface area contributed by atoms with Crippen molar-refractivity contribution in [3.05, 3.63) is 249 Å². The fourth-order valence-corrected chi connectivity index (χ4v) is 11.5. The maximum atomic E-state index is 5.29. The Bertz CT molecular complexity index is 3750. The van der Waals surface area contributed by atoms with Crippen molar-refractivity contribution in [3.63, 3.8) is 0 Å². The standard InChI is InChI=1S/C69H52N2/c1-6-20-47(21-7-1)54-40-55(48-22-8-2-9-23-48)43-58(42-54)67-61-30-16-17-31-62(61)68(59-44-56(49-24-10-3-11-25-49)41-57(45-59)50-26-12-4-13-27-50)64-46-53(38-39-63(64)67)51-34-36-52(37-35-51)69-70-65-32-18-19-33-66(65)71(69)60-28-14-5-15-29-60/h1-4,6-13,16-27,30-46,60H,5,14-15,28-29H2. The predicted octanol–water partition coefficient (Wildman–Crippen LogP) is 19.2. The number of rotatable bonds is 9. The van der Waals surface area contributed by atoms with Gasteiger partial charge in [-0.15, -0.1) is 0 Å². The molecule has 1 fully saturated rings. The van der Waals surface area contributed by atoms with Crippen LogP contribution in [0, 0.1) is 0 Å². The first-order valence-corrected chi connectivity index (χ1v) is 25.3. The van der Waals surface area contributed by atoms with E-state index in [-0.39, 0.29) is 0 Å². The lowest BCUT2D eigenvalue weighted by molar-refractivity contribution is 0.362. The van der Waals surface area contributed by atoms with Gasteiger partial charge in [-0.25, -0.2) is 4.98 Å². The minimum absolute atomic E-state index is 0.466. The van der Waals surface area contributed by atoms with E-state index in [0.717, 1.165) is 16.9 Å². The second-order valence-corrected chi connectivity index (χ2v) is 19.3. The molecule has 1 aliphatic rings. The van der Waals surface area contributed by atoms with Gasteiger partial charge in [-0.3, -0.25) is 0 Å². The minimum atomic E-state index is 0.466. The summed E-state index contributed by atoms with van der Waals surface area (Å²) in [6.07, 6.45) is 6.26. The second-order valence-electron chi connectivity index (χ2n) is 19.3. The first-order valence-electron chi connectivity index (χ1n) is 25.3. The van der Waals surface area contributed by atoms with Crippen LogP contribution in [-0.2, 0) is 0 Å². The number of imidazole rings is 1. The molecular weight excluding hydrogens is 857 g/mol. The van der Waals surface area contributed by atoms with Crippen LogP contribution in [0.2, 0.25) is 0 Å². The summed E-state index contributed by atoms with van der Waals surface area (Å²) < 4.78 is 2.54. The van der Waals surface area contributed by atoms with E-state index in [1.54, 1.807) is 0 Å². The molecule has 0 spiro atoms. The van der Waals surface area contributed by atoms with Crippen molar-refractivity contribution in [2.24, 2.45) is 0 Å². The van der Waals surface area contributed by atoms with E-state index in [9.17, 15) is 0 Å². The van der Waals surface area contributed by atoms with Gasteiger partial charge in [0.1, 0.15) is 5.82 Å². The Morgan fingerprint density at radius 3 is 1.17 bits per heavy atom. The third-order valence-electron chi connectivity index (χ3n) is 14.9. The maximum Gasteiger partial charge on any atom is 0.141 e. The average molecular weight is 909 g/mol. The summed E-state index contributed by atoms with van der Waals surface area (Å²) in [7, 11) is 0. The predicted molar refractivity (Wildman–Crippen MR) is 300 cm³/mol. The molecule has 2 nitrogen and oxygen atoms in total. The fraction of sp³-hybridized carbons (Fsp3) is 0.0870. The molecule has 71 heavy (non-hydrogen) atoms. The molecule has 0 saturated heterocycles. The topological polar surface area (TPSA) is 17.8 Å². The summed E-state index contributed by atoms with van der Waals surface area (Å²) >= 11 is 0. The molecule has 338 valence electrons. The number of aromatic nitrogens is 2. The van der Waals surface area contributed by atoms with E-state index in [4.69, 9.17) is 4.98 Å². The molecule has 1 aromatic heterocycles. The van der Waals surface area contributed by atoms with E-state index in [1.165, 1.54) is 137 Å². The summed E-state index contributed by atoms with van der Waals surface area (Å²) in [5.74, 6) is 1.07. The molecule has 1 heterocycles. The van der Waals surface area contributed by atoms with Gasteiger partial charge in [0.25, 0.3) is 0 Å². The molecule has 13 rings (SSSR count). The molecule has 0 N–H and O–H groups in total. The van der Waals surface area contributed by atoms with Crippen LogP contribution in [0.5, 0.6) is 0 Å². The van der Waals surface area contributed by atoms with Crippen LogP contribution >= 0.6 is 0 Å². The number of nitrogens with zero attached hydrogens (tertiary/aromatic N) is 2. The molecule has 0 aliphatic heterocycles. The van der Waals surface area contributed by atoms with Crippen LogP contribution in [0.25, 0.3) is 122 Å². The second kappa shape index (κ2) is 18.4. The summed E-state index contributed by atoms with van der Waals surface area (Å²) in [6.45, 7) is 0. The fourth-order valence-electron chi connectivity index (χ4n) is 11.5. The molecule has 11 aromatic carbocycles. The molecule has 0 unspecified atom stereocenters. The lowest BCUT2D eigenvalue weighted by atomic mass is 9.82. The SMILES string of the molecule is c1ccc(-c2cc(-c3ccccc3)cc(-c3c4ccccc4c(-c4cc(-c5ccccc5)cc(-c5ccccc5)c4)c4cc(-c5ccc(-c6nc7ccccc7n6C6CCCCC6)cc5)ccc34)c2)cc1. The first kappa shape index (κ1) is 42.5. The highest BCUT2D eigenvalue weighted by atomic mass is 15.1. The van der Waals surface area contributed by atoms with Crippen LogP contribution in [0.4, 0.5) is 0 Å². The zero-order valence-electron chi connectivity index (χ0n) is 39.7. The monoisotopic (exact) mass is 908 g/mol.